The Kier molecular flexibility index (Phi) is 5.77. The summed E-state index contributed by atoms with van der Waals surface area (Å²) in [5.41, 5.74) is 0. The zero-order valence-corrected chi connectivity index (χ0v) is 12.8. The van der Waals surface area contributed by atoms with Gasteiger partial charge in [-0.3, -0.25) is 0 Å². The molecule has 3 heteroatoms. The molecule has 0 aliphatic heterocycles. The van der Waals surface area contributed by atoms with Crippen LogP contribution in [0.2, 0.25) is 0 Å². The van der Waals surface area contributed by atoms with E-state index < -0.39 is 0 Å². The van der Waals surface area contributed by atoms with Gasteiger partial charge < -0.3 is 9.73 Å². The van der Waals surface area contributed by atoms with Crippen LogP contribution >= 0.6 is 15.9 Å². The van der Waals surface area contributed by atoms with E-state index in [-0.39, 0.29) is 0 Å². The van der Waals surface area contributed by atoms with Gasteiger partial charge in [0.1, 0.15) is 5.76 Å². The molecule has 1 unspecified atom stereocenters. The second-order valence-corrected chi connectivity index (χ2v) is 6.13. The van der Waals surface area contributed by atoms with Gasteiger partial charge in [0.05, 0.1) is 6.04 Å². The summed E-state index contributed by atoms with van der Waals surface area (Å²) in [7, 11) is 0. The highest BCUT2D eigenvalue weighted by atomic mass is 79.9. The SMILES string of the molecule is CCNC(CC1CCCCCC1)c1ccc(Br)o1. The van der Waals surface area contributed by atoms with Gasteiger partial charge >= 0.3 is 0 Å². The second-order valence-electron chi connectivity index (χ2n) is 5.35. The predicted octanol–water partition coefficient (Wildman–Crippen LogP) is 5.05. The third-order valence-corrected chi connectivity index (χ3v) is 4.36. The molecule has 1 aliphatic carbocycles. The first-order valence-electron chi connectivity index (χ1n) is 7.28. The highest BCUT2D eigenvalue weighted by molar-refractivity contribution is 9.10. The van der Waals surface area contributed by atoms with Gasteiger partial charge in [-0.2, -0.15) is 0 Å². The number of hydrogen-bond donors (Lipinski definition) is 1. The van der Waals surface area contributed by atoms with Crippen LogP contribution in [0.15, 0.2) is 21.2 Å². The van der Waals surface area contributed by atoms with Gasteiger partial charge in [0.2, 0.25) is 0 Å². The van der Waals surface area contributed by atoms with E-state index in [1.807, 2.05) is 6.07 Å². The van der Waals surface area contributed by atoms with Crippen LogP contribution in [0.25, 0.3) is 0 Å². The summed E-state index contributed by atoms with van der Waals surface area (Å²) < 4.78 is 6.56. The summed E-state index contributed by atoms with van der Waals surface area (Å²) >= 11 is 3.39. The zero-order valence-electron chi connectivity index (χ0n) is 11.3. The molecule has 0 saturated heterocycles. The highest BCUT2D eigenvalue weighted by Crippen LogP contribution is 2.32. The first kappa shape index (κ1) is 14.1. The summed E-state index contributed by atoms with van der Waals surface area (Å²) in [6, 6.07) is 4.46. The van der Waals surface area contributed by atoms with E-state index in [1.165, 1.54) is 44.9 Å². The fraction of sp³-hybridized carbons (Fsp3) is 0.733. The molecule has 1 saturated carbocycles. The van der Waals surface area contributed by atoms with E-state index in [2.05, 4.69) is 34.2 Å². The summed E-state index contributed by atoms with van der Waals surface area (Å²) in [6.45, 7) is 3.16. The number of furan rings is 1. The molecule has 102 valence electrons. The molecule has 1 aromatic rings. The molecular formula is C15H24BrNO. The van der Waals surface area contributed by atoms with Gasteiger partial charge in [-0.05, 0) is 46.9 Å². The van der Waals surface area contributed by atoms with Gasteiger partial charge in [0, 0.05) is 0 Å². The Bertz CT molecular complexity index is 342. The van der Waals surface area contributed by atoms with Crippen molar-refractivity contribution in [1.29, 1.82) is 0 Å². The van der Waals surface area contributed by atoms with Crippen molar-refractivity contribution in [2.45, 2.75) is 57.9 Å². The average molecular weight is 314 g/mol. The van der Waals surface area contributed by atoms with E-state index >= 15 is 0 Å². The summed E-state index contributed by atoms with van der Waals surface area (Å²) in [5, 5.41) is 3.57. The fourth-order valence-electron chi connectivity index (χ4n) is 2.99. The standard InChI is InChI=1S/C15H24BrNO/c1-2-17-13(14-9-10-15(16)18-14)11-12-7-5-3-4-6-8-12/h9-10,12-13,17H,2-8,11H2,1H3. The molecule has 2 rings (SSSR count). The van der Waals surface area contributed by atoms with Crippen LogP contribution in [0, 0.1) is 5.92 Å². The summed E-state index contributed by atoms with van der Waals surface area (Å²) in [4.78, 5) is 0. The lowest BCUT2D eigenvalue weighted by Crippen LogP contribution is -2.23. The van der Waals surface area contributed by atoms with Gasteiger partial charge in [-0.25, -0.2) is 0 Å². The maximum absolute atomic E-state index is 5.73. The van der Waals surface area contributed by atoms with Crippen molar-refractivity contribution < 1.29 is 4.42 Å². The Balaban J connectivity index is 1.96. The van der Waals surface area contributed by atoms with Gasteiger partial charge in [-0.15, -0.1) is 0 Å². The second kappa shape index (κ2) is 7.34. The lowest BCUT2D eigenvalue weighted by molar-refractivity contribution is 0.319. The average Bonchev–Trinajstić information content (AvgIpc) is 2.63. The highest BCUT2D eigenvalue weighted by Gasteiger charge is 2.21. The minimum Gasteiger partial charge on any atom is -0.453 e. The van der Waals surface area contributed by atoms with Crippen LogP contribution in [-0.2, 0) is 0 Å². The van der Waals surface area contributed by atoms with Gasteiger partial charge in [0.25, 0.3) is 0 Å². The number of halogens is 1. The number of rotatable bonds is 5. The molecular weight excluding hydrogens is 290 g/mol. The molecule has 18 heavy (non-hydrogen) atoms. The predicted molar refractivity (Wildman–Crippen MR) is 78.6 cm³/mol. The van der Waals surface area contributed by atoms with E-state index in [1.54, 1.807) is 0 Å². The van der Waals surface area contributed by atoms with Crippen molar-refractivity contribution in [3.63, 3.8) is 0 Å². The Morgan fingerprint density at radius 2 is 2.00 bits per heavy atom. The molecule has 1 heterocycles. The van der Waals surface area contributed by atoms with Crippen molar-refractivity contribution in [2.75, 3.05) is 6.54 Å². The molecule has 0 spiro atoms. The third-order valence-electron chi connectivity index (χ3n) is 3.93. The van der Waals surface area contributed by atoms with Crippen molar-refractivity contribution in [3.05, 3.63) is 22.6 Å². The largest absolute Gasteiger partial charge is 0.453 e. The summed E-state index contributed by atoms with van der Waals surface area (Å²) in [6.07, 6.45) is 9.67. The summed E-state index contributed by atoms with van der Waals surface area (Å²) in [5.74, 6) is 1.94. The minimum atomic E-state index is 0.379. The first-order chi connectivity index (χ1) is 8.79. The van der Waals surface area contributed by atoms with Crippen molar-refractivity contribution in [1.82, 2.24) is 5.32 Å². The van der Waals surface area contributed by atoms with E-state index in [0.717, 1.165) is 22.9 Å². The van der Waals surface area contributed by atoms with Crippen LogP contribution in [0.5, 0.6) is 0 Å². The van der Waals surface area contributed by atoms with Crippen LogP contribution in [0.4, 0.5) is 0 Å². The Labute approximate surface area is 119 Å². The maximum atomic E-state index is 5.73. The zero-order chi connectivity index (χ0) is 12.8. The van der Waals surface area contributed by atoms with Crippen LogP contribution in [0.1, 0.15) is 63.7 Å². The van der Waals surface area contributed by atoms with Crippen molar-refractivity contribution in [3.8, 4) is 0 Å². The molecule has 1 N–H and O–H groups in total. The molecule has 0 radical (unpaired) electrons. The lowest BCUT2D eigenvalue weighted by atomic mass is 9.91. The smallest absolute Gasteiger partial charge is 0.169 e. The molecule has 1 aromatic heterocycles. The quantitative estimate of drug-likeness (QED) is 0.769. The maximum Gasteiger partial charge on any atom is 0.169 e. The van der Waals surface area contributed by atoms with Gasteiger partial charge in [0.15, 0.2) is 4.67 Å². The van der Waals surface area contributed by atoms with Gasteiger partial charge in [-0.1, -0.05) is 45.4 Å². The lowest BCUT2D eigenvalue weighted by Gasteiger charge is -2.21. The molecule has 1 atom stereocenters. The normalized spacial score (nSPS) is 19.7. The van der Waals surface area contributed by atoms with Crippen LogP contribution in [0.3, 0.4) is 0 Å². The molecule has 0 aromatic carbocycles. The van der Waals surface area contributed by atoms with E-state index in [4.69, 9.17) is 4.42 Å². The van der Waals surface area contributed by atoms with Crippen LogP contribution < -0.4 is 5.32 Å². The first-order valence-corrected chi connectivity index (χ1v) is 8.07. The molecule has 1 fully saturated rings. The number of hydrogen-bond acceptors (Lipinski definition) is 2. The molecule has 0 amide bonds. The Hall–Kier alpha value is -0.280. The minimum absolute atomic E-state index is 0.379. The molecule has 1 aliphatic rings. The fourth-order valence-corrected chi connectivity index (χ4v) is 3.31. The third kappa shape index (κ3) is 4.13. The topological polar surface area (TPSA) is 25.2 Å². The monoisotopic (exact) mass is 313 g/mol. The van der Waals surface area contributed by atoms with Crippen LogP contribution in [-0.4, -0.2) is 6.54 Å². The van der Waals surface area contributed by atoms with Crippen molar-refractivity contribution >= 4 is 15.9 Å². The Morgan fingerprint density at radius 1 is 1.28 bits per heavy atom. The van der Waals surface area contributed by atoms with E-state index in [9.17, 15) is 0 Å². The number of nitrogens with one attached hydrogen (secondary N) is 1. The molecule has 0 bridgehead atoms. The Morgan fingerprint density at radius 3 is 2.56 bits per heavy atom. The van der Waals surface area contributed by atoms with Crippen molar-refractivity contribution in [2.24, 2.45) is 5.92 Å². The molecule has 2 nitrogen and oxygen atoms in total. The van der Waals surface area contributed by atoms with E-state index in [0.29, 0.717) is 6.04 Å².